The van der Waals surface area contributed by atoms with Crippen LogP contribution in [0.2, 0.25) is 0 Å². The minimum absolute atomic E-state index is 0.0458. The smallest absolute Gasteiger partial charge is 0.465 e. The third-order valence-corrected chi connectivity index (χ3v) is 7.95. The standard InChI is InChI=1S/C21H30BClN2O8S/c1-11(26)29-10-15-17(30-12(2)27)16(18(19(23)34-15)31-13(3)28)25-9-14(8-24-25)22-32-20(4,5)21(6,7)33-22/h8-9,15-19H,10H2,1-7H3/t15-,16+,17+,18-,19+/m0/s1. The SMILES string of the molecule is CC(=O)OC[C@@H]1S[C@@H](Cl)[C@@H](OC(C)=O)[C@H](n2cc(B3OC(C)(C)C(C)(C)O3)cn2)[C@@H]1OC(C)=O. The Kier molecular flexibility index (Phi) is 7.96. The molecule has 0 unspecified atom stereocenters. The van der Waals surface area contributed by atoms with Crippen LogP contribution in [0.15, 0.2) is 12.4 Å². The van der Waals surface area contributed by atoms with Crippen molar-refractivity contribution < 1.29 is 37.9 Å². The van der Waals surface area contributed by atoms with Gasteiger partial charge in [0.2, 0.25) is 0 Å². The normalized spacial score (nSPS) is 30.0. The van der Waals surface area contributed by atoms with Gasteiger partial charge in [-0.1, -0.05) is 0 Å². The van der Waals surface area contributed by atoms with E-state index in [1.54, 1.807) is 12.4 Å². The molecule has 0 spiro atoms. The van der Waals surface area contributed by atoms with Gasteiger partial charge < -0.3 is 23.5 Å². The van der Waals surface area contributed by atoms with Gasteiger partial charge in [-0.05, 0) is 27.7 Å². The van der Waals surface area contributed by atoms with Crippen LogP contribution < -0.4 is 5.46 Å². The van der Waals surface area contributed by atoms with E-state index in [2.05, 4.69) is 5.10 Å². The van der Waals surface area contributed by atoms with Crippen molar-refractivity contribution in [1.29, 1.82) is 0 Å². The molecule has 2 fully saturated rings. The van der Waals surface area contributed by atoms with Crippen LogP contribution in [-0.4, -0.2) is 74.8 Å². The highest BCUT2D eigenvalue weighted by atomic mass is 35.5. The maximum absolute atomic E-state index is 12.0. The van der Waals surface area contributed by atoms with E-state index in [1.165, 1.54) is 37.2 Å². The van der Waals surface area contributed by atoms with Gasteiger partial charge in [0.1, 0.15) is 23.5 Å². The predicted molar refractivity (Wildman–Crippen MR) is 126 cm³/mol. The van der Waals surface area contributed by atoms with Gasteiger partial charge in [0.05, 0.1) is 16.5 Å². The summed E-state index contributed by atoms with van der Waals surface area (Å²) in [5, 5.41) is 3.94. The Bertz CT molecular complexity index is 926. The van der Waals surface area contributed by atoms with Gasteiger partial charge in [0.25, 0.3) is 0 Å². The van der Waals surface area contributed by atoms with Crippen LogP contribution in [0.3, 0.4) is 0 Å². The zero-order chi connectivity index (χ0) is 25.4. The number of nitrogens with zero attached hydrogens (tertiary/aromatic N) is 2. The van der Waals surface area contributed by atoms with Gasteiger partial charge in [-0.25, -0.2) is 0 Å². The van der Waals surface area contributed by atoms with Crippen molar-refractivity contribution in [2.75, 3.05) is 6.61 Å². The molecular formula is C21H30BClN2O8S. The van der Waals surface area contributed by atoms with E-state index in [9.17, 15) is 14.4 Å². The quantitative estimate of drug-likeness (QED) is 0.240. The first-order chi connectivity index (χ1) is 15.7. The van der Waals surface area contributed by atoms with E-state index in [-0.39, 0.29) is 6.61 Å². The Morgan fingerprint density at radius 3 is 2.15 bits per heavy atom. The molecule has 3 rings (SSSR count). The minimum atomic E-state index is -0.881. The van der Waals surface area contributed by atoms with E-state index in [0.717, 1.165) is 0 Å². The number of ether oxygens (including phenoxy) is 3. The number of aromatic nitrogens is 2. The summed E-state index contributed by atoms with van der Waals surface area (Å²) in [5.74, 6) is -1.56. The highest BCUT2D eigenvalue weighted by molar-refractivity contribution is 8.01. The van der Waals surface area contributed by atoms with Crippen LogP contribution >= 0.6 is 23.4 Å². The third-order valence-electron chi connectivity index (χ3n) is 6.11. The Hall–Kier alpha value is -1.76. The van der Waals surface area contributed by atoms with E-state index < -0.39 is 64.4 Å². The number of halogens is 1. The summed E-state index contributed by atoms with van der Waals surface area (Å²) < 4.78 is 29.4. The molecule has 0 radical (unpaired) electrons. The second kappa shape index (κ2) is 10.1. The molecule has 188 valence electrons. The molecule has 2 saturated heterocycles. The Morgan fingerprint density at radius 1 is 1.06 bits per heavy atom. The van der Waals surface area contributed by atoms with Gasteiger partial charge in [0.15, 0.2) is 6.10 Å². The van der Waals surface area contributed by atoms with Crippen LogP contribution in [0.25, 0.3) is 0 Å². The van der Waals surface area contributed by atoms with Crippen molar-refractivity contribution in [3.63, 3.8) is 0 Å². The summed E-state index contributed by atoms with van der Waals surface area (Å²) in [6, 6.07) is -0.784. The lowest BCUT2D eigenvalue weighted by atomic mass is 9.82. The van der Waals surface area contributed by atoms with Crippen LogP contribution in [0.4, 0.5) is 0 Å². The molecule has 34 heavy (non-hydrogen) atoms. The van der Waals surface area contributed by atoms with Crippen molar-refractivity contribution in [3.05, 3.63) is 12.4 Å². The topological polar surface area (TPSA) is 115 Å². The number of carbonyl (C=O) groups excluding carboxylic acids is 3. The average molecular weight is 517 g/mol. The highest BCUT2D eigenvalue weighted by Crippen LogP contribution is 2.44. The summed E-state index contributed by atoms with van der Waals surface area (Å²) in [6.07, 6.45) is 1.55. The predicted octanol–water partition coefficient (Wildman–Crippen LogP) is 1.83. The van der Waals surface area contributed by atoms with Crippen molar-refractivity contribution in [1.82, 2.24) is 9.78 Å². The number of hydrogen-bond acceptors (Lipinski definition) is 10. The molecule has 0 aliphatic carbocycles. The second-order valence-electron chi connectivity index (χ2n) is 9.31. The van der Waals surface area contributed by atoms with Crippen molar-refractivity contribution in [3.8, 4) is 0 Å². The van der Waals surface area contributed by atoms with Gasteiger partial charge in [-0.3, -0.25) is 19.1 Å². The number of rotatable bonds is 6. The number of thioether (sulfide) groups is 1. The maximum Gasteiger partial charge on any atom is 0.498 e. The van der Waals surface area contributed by atoms with Crippen molar-refractivity contribution >= 4 is 53.9 Å². The van der Waals surface area contributed by atoms with Crippen LogP contribution in [0, 0.1) is 0 Å². The fourth-order valence-electron chi connectivity index (χ4n) is 3.79. The second-order valence-corrected chi connectivity index (χ2v) is 11.4. The third kappa shape index (κ3) is 5.72. The molecular weight excluding hydrogens is 487 g/mol. The van der Waals surface area contributed by atoms with E-state index in [4.69, 9.17) is 35.1 Å². The molecule has 10 nitrogen and oxygen atoms in total. The fourth-order valence-corrected chi connectivity index (χ4v) is 5.61. The summed E-state index contributed by atoms with van der Waals surface area (Å²) >= 11 is 7.81. The fraction of sp³-hybridized carbons (Fsp3) is 0.714. The minimum Gasteiger partial charge on any atom is -0.465 e. The maximum atomic E-state index is 12.0. The molecule has 0 saturated carbocycles. The molecule has 0 amide bonds. The molecule has 1 aromatic rings. The molecule has 1 aromatic heterocycles. The van der Waals surface area contributed by atoms with E-state index in [0.29, 0.717) is 5.46 Å². The van der Waals surface area contributed by atoms with Gasteiger partial charge in [0, 0.05) is 38.6 Å². The lowest BCUT2D eigenvalue weighted by Gasteiger charge is -2.43. The Morgan fingerprint density at radius 2 is 1.62 bits per heavy atom. The van der Waals surface area contributed by atoms with E-state index >= 15 is 0 Å². The molecule has 0 N–H and O–H groups in total. The molecule has 2 aliphatic heterocycles. The first-order valence-corrected chi connectivity index (χ1v) is 12.3. The van der Waals surface area contributed by atoms with Crippen LogP contribution in [0.5, 0.6) is 0 Å². The summed E-state index contributed by atoms with van der Waals surface area (Å²) in [7, 11) is -0.667. The summed E-state index contributed by atoms with van der Waals surface area (Å²) in [5.41, 5.74) is -0.446. The van der Waals surface area contributed by atoms with E-state index in [1.807, 2.05) is 27.7 Å². The lowest BCUT2D eigenvalue weighted by Crippen LogP contribution is -2.53. The van der Waals surface area contributed by atoms with Gasteiger partial charge in [-0.2, -0.15) is 5.10 Å². The first kappa shape index (κ1) is 26.8. The molecule has 5 atom stereocenters. The van der Waals surface area contributed by atoms with Crippen LogP contribution in [-0.2, 0) is 37.9 Å². The van der Waals surface area contributed by atoms with Crippen molar-refractivity contribution in [2.45, 2.75) is 87.9 Å². The van der Waals surface area contributed by atoms with Crippen LogP contribution in [0.1, 0.15) is 54.5 Å². The number of hydrogen-bond donors (Lipinski definition) is 0. The summed E-state index contributed by atoms with van der Waals surface area (Å²) in [6.45, 7) is 11.6. The Balaban J connectivity index is 1.98. The Labute approximate surface area is 208 Å². The monoisotopic (exact) mass is 516 g/mol. The van der Waals surface area contributed by atoms with Gasteiger partial charge >= 0.3 is 25.0 Å². The number of alkyl halides is 1. The largest absolute Gasteiger partial charge is 0.498 e. The summed E-state index contributed by atoms with van der Waals surface area (Å²) in [4.78, 5) is 35.3. The molecule has 0 aromatic carbocycles. The molecule has 0 bridgehead atoms. The average Bonchev–Trinajstić information content (AvgIpc) is 3.24. The number of carbonyl (C=O) groups is 3. The zero-order valence-electron chi connectivity index (χ0n) is 20.3. The highest BCUT2D eigenvalue weighted by Gasteiger charge is 2.53. The van der Waals surface area contributed by atoms with Gasteiger partial charge in [-0.15, -0.1) is 23.4 Å². The van der Waals surface area contributed by atoms with Crippen molar-refractivity contribution in [2.24, 2.45) is 0 Å². The lowest BCUT2D eigenvalue weighted by molar-refractivity contribution is -0.159. The zero-order valence-corrected chi connectivity index (χ0v) is 21.8. The molecule has 3 heterocycles. The molecule has 13 heteroatoms. The molecule has 2 aliphatic rings. The number of esters is 3. The first-order valence-electron chi connectivity index (χ1n) is 10.9.